The lowest BCUT2D eigenvalue weighted by molar-refractivity contribution is -0.259. The Morgan fingerprint density at radius 3 is 2.17 bits per heavy atom. The summed E-state index contributed by atoms with van der Waals surface area (Å²) in [6, 6.07) is 13.5. The number of ether oxygens (including phenoxy) is 1. The molecule has 0 heterocycles. The van der Waals surface area contributed by atoms with Gasteiger partial charge in [-0.1, -0.05) is 71.7 Å². The summed E-state index contributed by atoms with van der Waals surface area (Å²) in [4.78, 5) is 11.4. The van der Waals surface area contributed by atoms with Gasteiger partial charge in [0.25, 0.3) is 5.79 Å². The number of rotatable bonds is 6. The highest BCUT2D eigenvalue weighted by molar-refractivity contribution is 7.90. The quantitative estimate of drug-likeness (QED) is 0.331. The fraction of sp³-hybridized carbons (Fsp3) is 0.174. The van der Waals surface area contributed by atoms with Gasteiger partial charge in [-0.2, -0.15) is 13.2 Å². The molecule has 0 saturated heterocycles. The number of sulfone groups is 1. The van der Waals surface area contributed by atoms with E-state index < -0.39 is 39.4 Å². The minimum Gasteiger partial charge on any atom is -0.420 e. The number of esters is 1. The van der Waals surface area contributed by atoms with Gasteiger partial charge in [0.1, 0.15) is 6.04 Å². The van der Waals surface area contributed by atoms with Crippen LogP contribution in [0.25, 0.3) is 11.1 Å². The van der Waals surface area contributed by atoms with Gasteiger partial charge in [-0.15, -0.1) is 0 Å². The van der Waals surface area contributed by atoms with Crippen molar-refractivity contribution >= 4 is 39.0 Å². The summed E-state index contributed by atoms with van der Waals surface area (Å²) in [6.07, 6.45) is -4.59. The molecular formula is C23H18Cl2F3NO5S. The number of benzene rings is 3. The van der Waals surface area contributed by atoms with Crippen LogP contribution in [0.4, 0.5) is 13.2 Å². The summed E-state index contributed by atoms with van der Waals surface area (Å²) < 4.78 is 68.9. The van der Waals surface area contributed by atoms with E-state index in [1.807, 2.05) is 0 Å². The van der Waals surface area contributed by atoms with E-state index in [-0.39, 0.29) is 26.1 Å². The Kier molecular flexibility index (Phi) is 7.54. The zero-order valence-corrected chi connectivity index (χ0v) is 20.2. The number of alkyl halides is 3. The molecule has 12 heteroatoms. The molecule has 3 aromatic carbocycles. The molecule has 6 nitrogen and oxygen atoms in total. The first-order chi connectivity index (χ1) is 16.1. The van der Waals surface area contributed by atoms with E-state index >= 15 is 0 Å². The Labute approximate surface area is 209 Å². The lowest BCUT2D eigenvalue weighted by atomic mass is 9.91. The summed E-state index contributed by atoms with van der Waals surface area (Å²) in [7, 11) is -3.98. The van der Waals surface area contributed by atoms with Crippen molar-refractivity contribution in [3.8, 4) is 11.1 Å². The predicted molar refractivity (Wildman–Crippen MR) is 124 cm³/mol. The average Bonchev–Trinajstić information content (AvgIpc) is 2.79. The minimum absolute atomic E-state index is 0.0274. The van der Waals surface area contributed by atoms with Gasteiger partial charge in [-0.05, 0) is 29.3 Å². The third kappa shape index (κ3) is 5.79. The van der Waals surface area contributed by atoms with E-state index in [1.54, 1.807) is 30.3 Å². The maximum absolute atomic E-state index is 13.1. The Balaban J connectivity index is 2.24. The standard InChI is InChI=1S/C23H18Cl2F3NO5S/c1-35(32,33)19-12-15(8-9-16(19)13-5-3-2-4-6-13)22(31,34-21(30)23(26,27)28)20(29)14-7-10-17(24)18(25)11-14/h2-12,20,31H,29H2,1H3. The molecule has 0 spiro atoms. The average molecular weight is 548 g/mol. The van der Waals surface area contributed by atoms with Gasteiger partial charge >= 0.3 is 12.1 Å². The fourth-order valence-corrected chi connectivity index (χ4v) is 4.57. The molecule has 0 aromatic heterocycles. The smallest absolute Gasteiger partial charge is 0.420 e. The molecule has 3 rings (SSSR count). The van der Waals surface area contributed by atoms with Gasteiger partial charge in [0.05, 0.1) is 14.9 Å². The summed E-state index contributed by atoms with van der Waals surface area (Å²) >= 11 is 11.8. The third-order valence-electron chi connectivity index (χ3n) is 5.08. The van der Waals surface area contributed by atoms with Crippen molar-refractivity contribution in [3.05, 3.63) is 87.9 Å². The molecule has 3 aromatic rings. The second-order valence-electron chi connectivity index (χ2n) is 7.58. The van der Waals surface area contributed by atoms with Crippen molar-refractivity contribution in [3.63, 3.8) is 0 Å². The van der Waals surface area contributed by atoms with Crippen molar-refractivity contribution in [2.45, 2.75) is 22.9 Å². The first kappa shape index (κ1) is 27.0. The summed E-state index contributed by atoms with van der Waals surface area (Å²) in [5.74, 6) is -5.87. The number of nitrogens with two attached hydrogens (primary N) is 1. The second kappa shape index (κ2) is 9.79. The maximum Gasteiger partial charge on any atom is 0.491 e. The van der Waals surface area contributed by atoms with Crippen LogP contribution in [0.15, 0.2) is 71.6 Å². The first-order valence-corrected chi connectivity index (χ1v) is 12.4. The number of halogens is 5. The fourth-order valence-electron chi connectivity index (χ4n) is 3.34. The molecule has 2 atom stereocenters. The maximum atomic E-state index is 13.1. The lowest BCUT2D eigenvalue weighted by Gasteiger charge is -2.34. The molecule has 0 fully saturated rings. The largest absolute Gasteiger partial charge is 0.491 e. The summed E-state index contributed by atoms with van der Waals surface area (Å²) in [5.41, 5.74) is 6.24. The zero-order valence-electron chi connectivity index (χ0n) is 17.9. The van der Waals surface area contributed by atoms with Crippen LogP contribution >= 0.6 is 23.2 Å². The molecular weight excluding hydrogens is 530 g/mol. The van der Waals surface area contributed by atoms with E-state index in [0.717, 1.165) is 18.4 Å². The molecule has 0 aliphatic heterocycles. The van der Waals surface area contributed by atoms with Crippen molar-refractivity contribution in [2.75, 3.05) is 6.26 Å². The Morgan fingerprint density at radius 2 is 1.63 bits per heavy atom. The molecule has 0 bridgehead atoms. The summed E-state index contributed by atoms with van der Waals surface area (Å²) in [5, 5.41) is 11.4. The number of hydrogen-bond acceptors (Lipinski definition) is 6. The monoisotopic (exact) mass is 547 g/mol. The van der Waals surface area contributed by atoms with Gasteiger partial charge in [-0.25, -0.2) is 13.2 Å². The lowest BCUT2D eigenvalue weighted by Crippen LogP contribution is -2.45. The predicted octanol–water partition coefficient (Wildman–Crippen LogP) is 5.01. The molecule has 3 N–H and O–H groups in total. The Bertz CT molecular complexity index is 1370. The third-order valence-corrected chi connectivity index (χ3v) is 6.96. The van der Waals surface area contributed by atoms with E-state index in [0.29, 0.717) is 5.56 Å². The van der Waals surface area contributed by atoms with Crippen molar-refractivity contribution < 1.29 is 36.2 Å². The van der Waals surface area contributed by atoms with Crippen LogP contribution in [0.3, 0.4) is 0 Å². The highest BCUT2D eigenvalue weighted by Gasteiger charge is 2.50. The van der Waals surface area contributed by atoms with Crippen LogP contribution in [-0.4, -0.2) is 31.9 Å². The van der Waals surface area contributed by atoms with Crippen LogP contribution in [-0.2, 0) is 25.2 Å². The van der Waals surface area contributed by atoms with E-state index in [9.17, 15) is 31.5 Å². The van der Waals surface area contributed by atoms with Crippen LogP contribution in [0, 0.1) is 0 Å². The molecule has 0 saturated carbocycles. The number of aliphatic hydroxyl groups is 1. The van der Waals surface area contributed by atoms with E-state index in [1.165, 1.54) is 24.3 Å². The first-order valence-electron chi connectivity index (χ1n) is 9.77. The molecule has 186 valence electrons. The number of carbonyl (C=O) groups is 1. The van der Waals surface area contributed by atoms with Crippen molar-refractivity contribution in [1.29, 1.82) is 0 Å². The van der Waals surface area contributed by atoms with Crippen molar-refractivity contribution in [1.82, 2.24) is 0 Å². The topological polar surface area (TPSA) is 107 Å². The number of hydrogen-bond donors (Lipinski definition) is 2. The molecule has 0 aliphatic carbocycles. The van der Waals surface area contributed by atoms with Gasteiger partial charge < -0.3 is 15.6 Å². The van der Waals surface area contributed by atoms with Gasteiger partial charge in [0.15, 0.2) is 9.84 Å². The SMILES string of the molecule is CS(=O)(=O)c1cc(C(O)(OC(=O)C(F)(F)F)C(N)c2ccc(Cl)c(Cl)c2)ccc1-c1ccccc1. The van der Waals surface area contributed by atoms with Gasteiger partial charge in [0.2, 0.25) is 0 Å². The van der Waals surface area contributed by atoms with Gasteiger partial charge in [-0.3, -0.25) is 0 Å². The normalized spacial score (nSPS) is 14.7. The highest BCUT2D eigenvalue weighted by atomic mass is 35.5. The highest BCUT2D eigenvalue weighted by Crippen LogP contribution is 2.40. The zero-order chi connectivity index (χ0) is 26.2. The number of carbonyl (C=O) groups excluding carboxylic acids is 1. The molecule has 0 radical (unpaired) electrons. The molecule has 0 amide bonds. The van der Waals surface area contributed by atoms with Crippen LogP contribution in [0.5, 0.6) is 0 Å². The van der Waals surface area contributed by atoms with Crippen LogP contribution < -0.4 is 5.73 Å². The Morgan fingerprint density at radius 1 is 1.00 bits per heavy atom. The van der Waals surface area contributed by atoms with Crippen LogP contribution in [0.1, 0.15) is 17.2 Å². The molecule has 2 unspecified atom stereocenters. The van der Waals surface area contributed by atoms with E-state index in [4.69, 9.17) is 28.9 Å². The summed E-state index contributed by atoms with van der Waals surface area (Å²) in [6.45, 7) is 0. The minimum atomic E-state index is -5.48. The Hall–Kier alpha value is -2.63. The molecule has 35 heavy (non-hydrogen) atoms. The van der Waals surface area contributed by atoms with E-state index in [2.05, 4.69) is 4.74 Å². The van der Waals surface area contributed by atoms with Crippen molar-refractivity contribution in [2.24, 2.45) is 5.73 Å². The molecule has 0 aliphatic rings. The van der Waals surface area contributed by atoms with Crippen LogP contribution in [0.2, 0.25) is 10.0 Å². The van der Waals surface area contributed by atoms with Gasteiger partial charge in [0, 0.05) is 17.4 Å². The second-order valence-corrected chi connectivity index (χ2v) is 10.4.